The smallest absolute Gasteiger partial charge is 0.333 e. The molecule has 16 heavy (non-hydrogen) atoms. The first-order valence-electron chi connectivity index (χ1n) is 4.66. The van der Waals surface area contributed by atoms with Gasteiger partial charge in [0.2, 0.25) is 0 Å². The van der Waals surface area contributed by atoms with Crippen LogP contribution in [0.1, 0.15) is 5.56 Å². The van der Waals surface area contributed by atoms with E-state index < -0.39 is 12.1 Å². The van der Waals surface area contributed by atoms with Crippen LogP contribution in [0, 0.1) is 0 Å². The fourth-order valence-corrected chi connectivity index (χ4v) is 1.73. The minimum absolute atomic E-state index is 0.315. The van der Waals surface area contributed by atoms with E-state index in [4.69, 9.17) is 14.6 Å². The summed E-state index contributed by atoms with van der Waals surface area (Å²) in [6.07, 6.45) is -0.513. The van der Waals surface area contributed by atoms with Crippen molar-refractivity contribution in [3.63, 3.8) is 0 Å². The van der Waals surface area contributed by atoms with Gasteiger partial charge in [0.25, 0.3) is 0 Å². The summed E-state index contributed by atoms with van der Waals surface area (Å²) in [6, 6.07) is 5.45. The van der Waals surface area contributed by atoms with Gasteiger partial charge < -0.3 is 14.6 Å². The van der Waals surface area contributed by atoms with Gasteiger partial charge in [-0.25, -0.2) is 4.79 Å². The zero-order valence-corrected chi connectivity index (χ0v) is 10.7. The van der Waals surface area contributed by atoms with Crippen LogP contribution in [0.15, 0.2) is 22.7 Å². The highest BCUT2D eigenvalue weighted by molar-refractivity contribution is 9.10. The van der Waals surface area contributed by atoms with Gasteiger partial charge in [-0.3, -0.25) is 0 Å². The van der Waals surface area contributed by atoms with E-state index in [-0.39, 0.29) is 0 Å². The maximum Gasteiger partial charge on any atom is 0.333 e. The Morgan fingerprint density at radius 2 is 2.19 bits per heavy atom. The predicted octanol–water partition coefficient (Wildman–Crippen LogP) is 2.10. The third kappa shape index (κ3) is 3.21. The molecule has 1 rings (SSSR count). The molecule has 0 saturated heterocycles. The second-order valence-electron chi connectivity index (χ2n) is 3.24. The van der Waals surface area contributed by atoms with Gasteiger partial charge in [-0.15, -0.1) is 0 Å². The molecule has 0 aromatic heterocycles. The molecule has 1 aromatic carbocycles. The Hall–Kier alpha value is -1.07. The highest BCUT2D eigenvalue weighted by atomic mass is 79.9. The van der Waals surface area contributed by atoms with Crippen molar-refractivity contribution in [2.75, 3.05) is 14.2 Å². The maximum absolute atomic E-state index is 10.8. The fraction of sp³-hybridized carbons (Fsp3) is 0.364. The Kier molecular flexibility index (Phi) is 4.76. The summed E-state index contributed by atoms with van der Waals surface area (Å²) >= 11 is 3.33. The minimum atomic E-state index is -0.968. The number of carboxylic acids is 1. The number of carboxylic acid groups (broad SMARTS) is 1. The molecule has 5 heteroatoms. The first-order chi connectivity index (χ1) is 7.58. The number of benzene rings is 1. The molecule has 0 heterocycles. The number of aliphatic carboxylic acids is 1. The molecule has 0 fully saturated rings. The van der Waals surface area contributed by atoms with Crippen LogP contribution in [0.25, 0.3) is 0 Å². The number of hydrogen-bond donors (Lipinski definition) is 1. The van der Waals surface area contributed by atoms with Crippen molar-refractivity contribution >= 4 is 21.9 Å². The lowest BCUT2D eigenvalue weighted by atomic mass is 10.1. The van der Waals surface area contributed by atoms with Crippen LogP contribution >= 0.6 is 15.9 Å². The molecule has 0 spiro atoms. The fourth-order valence-electron chi connectivity index (χ4n) is 1.32. The highest BCUT2D eigenvalue weighted by Crippen LogP contribution is 2.26. The van der Waals surface area contributed by atoms with Gasteiger partial charge in [0, 0.05) is 13.5 Å². The molecule has 4 nitrogen and oxygen atoms in total. The lowest BCUT2D eigenvalue weighted by molar-refractivity contribution is -0.148. The molecule has 0 aliphatic rings. The van der Waals surface area contributed by atoms with E-state index in [1.54, 1.807) is 13.2 Å². The third-order valence-electron chi connectivity index (χ3n) is 2.20. The monoisotopic (exact) mass is 288 g/mol. The van der Waals surface area contributed by atoms with Crippen LogP contribution < -0.4 is 4.74 Å². The van der Waals surface area contributed by atoms with E-state index in [9.17, 15) is 4.79 Å². The van der Waals surface area contributed by atoms with E-state index >= 15 is 0 Å². The average molecular weight is 289 g/mol. The minimum Gasteiger partial charge on any atom is -0.496 e. The van der Waals surface area contributed by atoms with E-state index in [2.05, 4.69) is 15.9 Å². The first-order valence-corrected chi connectivity index (χ1v) is 5.45. The Morgan fingerprint density at radius 3 is 2.69 bits per heavy atom. The number of halogens is 1. The molecule has 0 radical (unpaired) electrons. The van der Waals surface area contributed by atoms with Crippen molar-refractivity contribution in [1.82, 2.24) is 0 Å². The molecule has 0 aliphatic heterocycles. The van der Waals surface area contributed by atoms with Crippen LogP contribution in [0.4, 0.5) is 0 Å². The first kappa shape index (κ1) is 13.0. The second kappa shape index (κ2) is 5.86. The van der Waals surface area contributed by atoms with E-state index in [1.165, 1.54) is 7.11 Å². The predicted molar refractivity (Wildman–Crippen MR) is 62.8 cm³/mol. The van der Waals surface area contributed by atoms with Crippen molar-refractivity contribution in [2.45, 2.75) is 12.5 Å². The topological polar surface area (TPSA) is 55.8 Å². The van der Waals surface area contributed by atoms with Crippen LogP contribution in [-0.4, -0.2) is 31.4 Å². The summed E-state index contributed by atoms with van der Waals surface area (Å²) in [6.45, 7) is 0. The molecule has 0 bridgehead atoms. The molecule has 1 aromatic rings. The molecular formula is C11H13BrO4. The zero-order valence-electron chi connectivity index (χ0n) is 9.07. The van der Waals surface area contributed by atoms with Crippen molar-refractivity contribution in [2.24, 2.45) is 0 Å². The van der Waals surface area contributed by atoms with Gasteiger partial charge in [0.15, 0.2) is 6.10 Å². The quantitative estimate of drug-likeness (QED) is 0.902. The molecule has 88 valence electrons. The zero-order chi connectivity index (χ0) is 12.1. The molecule has 0 saturated carbocycles. The van der Waals surface area contributed by atoms with Crippen LogP contribution in [0.5, 0.6) is 5.75 Å². The largest absolute Gasteiger partial charge is 0.496 e. The molecule has 0 aliphatic carbocycles. The van der Waals surface area contributed by atoms with Gasteiger partial charge in [0.05, 0.1) is 11.6 Å². The van der Waals surface area contributed by atoms with E-state index in [1.807, 2.05) is 12.1 Å². The van der Waals surface area contributed by atoms with Crippen molar-refractivity contribution < 1.29 is 19.4 Å². The maximum atomic E-state index is 10.8. The molecule has 0 amide bonds. The van der Waals surface area contributed by atoms with E-state index in [0.717, 1.165) is 10.0 Å². The molecular weight excluding hydrogens is 276 g/mol. The Morgan fingerprint density at radius 1 is 1.50 bits per heavy atom. The van der Waals surface area contributed by atoms with Crippen molar-refractivity contribution in [3.8, 4) is 5.75 Å². The third-order valence-corrected chi connectivity index (χ3v) is 2.85. The van der Waals surface area contributed by atoms with Gasteiger partial charge in [-0.05, 0) is 33.6 Å². The summed E-state index contributed by atoms with van der Waals surface area (Å²) in [5, 5.41) is 8.85. The van der Waals surface area contributed by atoms with Gasteiger partial charge >= 0.3 is 5.97 Å². The molecule has 1 unspecified atom stereocenters. The number of rotatable bonds is 5. The van der Waals surface area contributed by atoms with Crippen LogP contribution in [0.3, 0.4) is 0 Å². The van der Waals surface area contributed by atoms with Crippen LogP contribution in [-0.2, 0) is 16.0 Å². The van der Waals surface area contributed by atoms with Crippen LogP contribution in [0.2, 0.25) is 0 Å². The summed E-state index contributed by atoms with van der Waals surface area (Å²) in [4.78, 5) is 10.8. The Labute approximate surface area is 102 Å². The van der Waals surface area contributed by atoms with Gasteiger partial charge in [-0.2, -0.15) is 0 Å². The number of carbonyl (C=O) groups is 1. The highest BCUT2D eigenvalue weighted by Gasteiger charge is 2.17. The van der Waals surface area contributed by atoms with Gasteiger partial charge in [0.1, 0.15) is 5.75 Å². The Balaban J connectivity index is 2.84. The summed E-state index contributed by atoms with van der Waals surface area (Å²) < 4.78 is 10.8. The summed E-state index contributed by atoms with van der Waals surface area (Å²) in [5.41, 5.74) is 0.856. The number of methoxy groups -OCH3 is 2. The van der Waals surface area contributed by atoms with Crippen molar-refractivity contribution in [1.29, 1.82) is 0 Å². The summed E-state index contributed by atoms with van der Waals surface area (Å²) in [5.74, 6) is -0.290. The second-order valence-corrected chi connectivity index (χ2v) is 4.09. The summed E-state index contributed by atoms with van der Waals surface area (Å²) in [7, 11) is 2.95. The normalized spacial score (nSPS) is 12.2. The standard InChI is InChI=1S/C11H13BrO4/c1-15-9-5-7(3-4-8(9)12)6-10(16-2)11(13)14/h3-5,10H,6H2,1-2H3,(H,13,14). The number of ether oxygens (including phenoxy) is 2. The molecule has 1 atom stereocenters. The van der Waals surface area contributed by atoms with E-state index in [0.29, 0.717) is 12.2 Å². The lowest BCUT2D eigenvalue weighted by Gasteiger charge is -2.11. The molecule has 1 N–H and O–H groups in total. The average Bonchev–Trinajstić information content (AvgIpc) is 2.27. The number of hydrogen-bond acceptors (Lipinski definition) is 3. The SMILES string of the molecule is COc1cc(CC(OC)C(=O)O)ccc1Br. The lowest BCUT2D eigenvalue weighted by Crippen LogP contribution is -2.24. The Bertz CT molecular complexity index is 378. The van der Waals surface area contributed by atoms with Gasteiger partial charge in [-0.1, -0.05) is 6.07 Å². The van der Waals surface area contributed by atoms with Crippen molar-refractivity contribution in [3.05, 3.63) is 28.2 Å².